The Bertz CT molecular complexity index is 694. The zero-order valence-corrected chi connectivity index (χ0v) is 13.6. The van der Waals surface area contributed by atoms with Gasteiger partial charge in [0.25, 0.3) is 0 Å². The molecule has 2 aromatic rings. The number of benzene rings is 2. The second-order valence-corrected chi connectivity index (χ2v) is 7.41. The van der Waals surface area contributed by atoms with Crippen molar-refractivity contribution in [2.24, 2.45) is 0 Å². The molecule has 0 saturated heterocycles. The summed E-state index contributed by atoms with van der Waals surface area (Å²) >= 11 is 5.90. The van der Waals surface area contributed by atoms with E-state index in [1.54, 1.807) is 24.3 Å². The zero-order valence-electron chi connectivity index (χ0n) is 12.0. The minimum absolute atomic E-state index is 0.159. The highest BCUT2D eigenvalue weighted by Gasteiger charge is 2.10. The smallest absolute Gasteiger partial charge is 0.175 e. The molecule has 0 fully saturated rings. The molecule has 5 heteroatoms. The van der Waals surface area contributed by atoms with E-state index in [2.05, 4.69) is 12.2 Å². The van der Waals surface area contributed by atoms with Gasteiger partial charge in [-0.1, -0.05) is 30.7 Å². The summed E-state index contributed by atoms with van der Waals surface area (Å²) in [5.74, 6) is 0. The highest BCUT2D eigenvalue weighted by atomic mass is 35.5. The largest absolute Gasteiger partial charge is 0.378 e. The van der Waals surface area contributed by atoms with E-state index in [9.17, 15) is 8.42 Å². The van der Waals surface area contributed by atoms with E-state index in [1.165, 1.54) is 6.26 Å². The van der Waals surface area contributed by atoms with Gasteiger partial charge in [0.2, 0.25) is 0 Å². The quantitative estimate of drug-likeness (QED) is 0.892. The third kappa shape index (κ3) is 4.22. The van der Waals surface area contributed by atoms with Gasteiger partial charge in [0, 0.05) is 17.0 Å². The molecule has 0 saturated carbocycles. The molecule has 0 spiro atoms. The summed E-state index contributed by atoms with van der Waals surface area (Å²) in [6.07, 6.45) is 2.12. The number of hydrogen-bond acceptors (Lipinski definition) is 3. The van der Waals surface area contributed by atoms with Crippen LogP contribution in [0, 0.1) is 0 Å². The first-order valence-corrected chi connectivity index (χ1v) is 8.99. The molecule has 0 aliphatic carbocycles. The van der Waals surface area contributed by atoms with E-state index in [1.807, 2.05) is 24.3 Å². The number of sulfone groups is 1. The maximum Gasteiger partial charge on any atom is 0.175 e. The lowest BCUT2D eigenvalue weighted by Gasteiger charge is -2.19. The van der Waals surface area contributed by atoms with Crippen molar-refractivity contribution in [3.8, 4) is 0 Å². The van der Waals surface area contributed by atoms with Crippen LogP contribution in [0.5, 0.6) is 0 Å². The Labute approximate surface area is 130 Å². The first kappa shape index (κ1) is 15.9. The Hall–Kier alpha value is -1.52. The van der Waals surface area contributed by atoms with Crippen LogP contribution in [0.1, 0.15) is 24.9 Å². The van der Waals surface area contributed by atoms with Crippen LogP contribution in [-0.2, 0) is 9.84 Å². The summed E-state index contributed by atoms with van der Waals surface area (Å²) in [5, 5.41) is 4.12. The Kier molecular flexibility index (Phi) is 4.91. The van der Waals surface area contributed by atoms with Crippen LogP contribution < -0.4 is 5.32 Å². The summed E-state index contributed by atoms with van der Waals surface area (Å²) in [4.78, 5) is 0.326. The minimum Gasteiger partial charge on any atom is -0.378 e. The molecule has 0 aliphatic heterocycles. The van der Waals surface area contributed by atoms with Crippen molar-refractivity contribution < 1.29 is 8.42 Å². The van der Waals surface area contributed by atoms with Gasteiger partial charge < -0.3 is 5.32 Å². The molecule has 112 valence electrons. The van der Waals surface area contributed by atoms with Crippen LogP contribution in [0.15, 0.2) is 53.4 Å². The second-order valence-electron chi connectivity index (χ2n) is 4.95. The summed E-state index contributed by atoms with van der Waals surface area (Å²) in [5.41, 5.74) is 2.04. The standard InChI is InChI=1S/C16H18ClNO2S/c1-3-16(12-4-6-13(17)7-5-12)18-14-8-10-15(11-9-14)21(2,19)20/h4-11,16,18H,3H2,1-2H3. The first-order chi connectivity index (χ1) is 9.90. The molecule has 1 atom stereocenters. The number of halogens is 1. The molecule has 0 amide bonds. The zero-order chi connectivity index (χ0) is 15.5. The molecular formula is C16H18ClNO2S. The van der Waals surface area contributed by atoms with Gasteiger partial charge >= 0.3 is 0 Å². The summed E-state index contributed by atoms with van der Waals surface area (Å²) in [6.45, 7) is 2.09. The van der Waals surface area contributed by atoms with E-state index in [0.29, 0.717) is 9.92 Å². The van der Waals surface area contributed by atoms with E-state index in [4.69, 9.17) is 11.6 Å². The highest BCUT2D eigenvalue weighted by molar-refractivity contribution is 7.90. The topological polar surface area (TPSA) is 46.2 Å². The molecule has 2 rings (SSSR count). The fourth-order valence-corrected chi connectivity index (χ4v) is 2.87. The van der Waals surface area contributed by atoms with Gasteiger partial charge in [-0.05, 0) is 48.4 Å². The van der Waals surface area contributed by atoms with E-state index < -0.39 is 9.84 Å². The van der Waals surface area contributed by atoms with Crippen LogP contribution in [0.4, 0.5) is 5.69 Å². The number of rotatable bonds is 5. The number of nitrogens with one attached hydrogen (secondary N) is 1. The van der Waals surface area contributed by atoms with Crippen molar-refractivity contribution in [1.82, 2.24) is 0 Å². The molecule has 3 nitrogen and oxygen atoms in total. The highest BCUT2D eigenvalue weighted by Crippen LogP contribution is 2.24. The molecule has 21 heavy (non-hydrogen) atoms. The van der Waals surface area contributed by atoms with Crippen molar-refractivity contribution in [3.05, 3.63) is 59.1 Å². The van der Waals surface area contributed by atoms with Crippen LogP contribution in [0.3, 0.4) is 0 Å². The Morgan fingerprint density at radius 1 is 1.05 bits per heavy atom. The molecule has 0 bridgehead atoms. The van der Waals surface area contributed by atoms with Gasteiger partial charge in [0.05, 0.1) is 10.9 Å². The van der Waals surface area contributed by atoms with Gasteiger partial charge in [0.15, 0.2) is 9.84 Å². The monoisotopic (exact) mass is 323 g/mol. The van der Waals surface area contributed by atoms with Gasteiger partial charge in [-0.2, -0.15) is 0 Å². The maximum absolute atomic E-state index is 11.4. The average molecular weight is 324 g/mol. The SMILES string of the molecule is CCC(Nc1ccc(S(C)(=O)=O)cc1)c1ccc(Cl)cc1. The third-order valence-corrected chi connectivity index (χ3v) is 4.68. The van der Waals surface area contributed by atoms with Crippen molar-refractivity contribution in [1.29, 1.82) is 0 Å². The molecular weight excluding hydrogens is 306 g/mol. The van der Waals surface area contributed by atoms with Crippen molar-refractivity contribution in [2.45, 2.75) is 24.3 Å². The molecule has 0 radical (unpaired) electrons. The Morgan fingerprint density at radius 3 is 2.10 bits per heavy atom. The third-order valence-electron chi connectivity index (χ3n) is 3.30. The maximum atomic E-state index is 11.4. The van der Waals surface area contributed by atoms with Crippen molar-refractivity contribution in [3.63, 3.8) is 0 Å². The summed E-state index contributed by atoms with van der Waals surface area (Å²) in [6, 6.07) is 14.7. The van der Waals surface area contributed by atoms with Gasteiger partial charge in [-0.15, -0.1) is 0 Å². The molecule has 0 aliphatic rings. The molecule has 1 N–H and O–H groups in total. The molecule has 0 aromatic heterocycles. The van der Waals surface area contributed by atoms with E-state index in [-0.39, 0.29) is 6.04 Å². The normalized spacial score (nSPS) is 12.9. The van der Waals surface area contributed by atoms with Gasteiger partial charge in [-0.25, -0.2) is 8.42 Å². The van der Waals surface area contributed by atoms with Crippen molar-refractivity contribution >= 4 is 27.1 Å². The fourth-order valence-electron chi connectivity index (χ4n) is 2.12. The fraction of sp³-hybridized carbons (Fsp3) is 0.250. The predicted molar refractivity (Wildman–Crippen MR) is 87.7 cm³/mol. The minimum atomic E-state index is -3.15. The van der Waals surface area contributed by atoms with E-state index in [0.717, 1.165) is 17.7 Å². The van der Waals surface area contributed by atoms with E-state index >= 15 is 0 Å². The van der Waals surface area contributed by atoms with Crippen LogP contribution in [0.2, 0.25) is 5.02 Å². The van der Waals surface area contributed by atoms with Gasteiger partial charge in [0.1, 0.15) is 0 Å². The number of hydrogen-bond donors (Lipinski definition) is 1. The lowest BCUT2D eigenvalue weighted by Crippen LogP contribution is -2.09. The Morgan fingerprint density at radius 2 is 1.62 bits per heavy atom. The van der Waals surface area contributed by atoms with Crippen LogP contribution in [-0.4, -0.2) is 14.7 Å². The average Bonchev–Trinajstić information content (AvgIpc) is 2.45. The summed E-state index contributed by atoms with van der Waals surface area (Å²) < 4.78 is 22.9. The predicted octanol–water partition coefficient (Wildman–Crippen LogP) is 4.31. The first-order valence-electron chi connectivity index (χ1n) is 6.72. The van der Waals surface area contributed by atoms with Crippen molar-refractivity contribution in [2.75, 3.05) is 11.6 Å². The van der Waals surface area contributed by atoms with Crippen LogP contribution >= 0.6 is 11.6 Å². The van der Waals surface area contributed by atoms with Gasteiger partial charge in [-0.3, -0.25) is 0 Å². The molecule has 0 heterocycles. The molecule has 1 unspecified atom stereocenters. The van der Waals surface area contributed by atoms with Crippen LogP contribution in [0.25, 0.3) is 0 Å². The summed E-state index contributed by atoms with van der Waals surface area (Å²) in [7, 11) is -3.15. The lowest BCUT2D eigenvalue weighted by atomic mass is 10.0. The number of anilines is 1. The Balaban J connectivity index is 2.17. The lowest BCUT2D eigenvalue weighted by molar-refractivity contribution is 0.602. The second kappa shape index (κ2) is 6.50. The molecule has 2 aromatic carbocycles.